The van der Waals surface area contributed by atoms with E-state index in [1.54, 1.807) is 19.1 Å². The van der Waals surface area contributed by atoms with E-state index in [4.69, 9.17) is 4.74 Å². The zero-order chi connectivity index (χ0) is 15.6. The molecule has 0 bridgehead atoms. The smallest absolute Gasteiger partial charge is 0.320 e. The molecule has 0 N–H and O–H groups in total. The first-order valence-electron chi connectivity index (χ1n) is 7.35. The zero-order valence-electron chi connectivity index (χ0n) is 13.2. The molecule has 0 spiro atoms. The first-order chi connectivity index (χ1) is 9.91. The van der Waals surface area contributed by atoms with Gasteiger partial charge in [0.25, 0.3) is 0 Å². The lowest BCUT2D eigenvalue weighted by Crippen LogP contribution is -2.32. The number of hydrogen-bond acceptors (Lipinski definition) is 4. The lowest BCUT2D eigenvalue weighted by atomic mass is 9.91. The van der Waals surface area contributed by atoms with E-state index in [0.717, 1.165) is 12.1 Å². The number of hydrogen-bond donors (Lipinski definition) is 0. The molecule has 0 aliphatic heterocycles. The van der Waals surface area contributed by atoms with Crippen LogP contribution in [-0.4, -0.2) is 43.9 Å². The normalized spacial score (nSPS) is 24.0. The van der Waals surface area contributed by atoms with E-state index < -0.39 is 5.41 Å². The molecule has 0 saturated heterocycles. The maximum absolute atomic E-state index is 12.8. The van der Waals surface area contributed by atoms with E-state index in [-0.39, 0.29) is 17.7 Å². The van der Waals surface area contributed by atoms with E-state index in [2.05, 4.69) is 0 Å². The molecule has 4 heteroatoms. The summed E-state index contributed by atoms with van der Waals surface area (Å²) < 4.78 is 5.17. The Hall–Kier alpha value is -1.68. The number of aryl methyl sites for hydroxylation is 1. The minimum Gasteiger partial charge on any atom is -0.465 e. The van der Waals surface area contributed by atoms with Gasteiger partial charge in [0.05, 0.1) is 6.61 Å². The molecule has 1 fully saturated rings. The molecule has 0 heterocycles. The maximum atomic E-state index is 12.8. The molecule has 1 aliphatic carbocycles. The molecular formula is C17H23NO3. The van der Waals surface area contributed by atoms with Gasteiger partial charge in [0, 0.05) is 12.1 Å². The Labute approximate surface area is 126 Å². The molecule has 1 aliphatic rings. The van der Waals surface area contributed by atoms with Crippen LogP contribution in [-0.2, 0) is 9.53 Å². The molecule has 1 saturated carbocycles. The van der Waals surface area contributed by atoms with Crippen molar-refractivity contribution >= 4 is 11.8 Å². The third-order valence-corrected chi connectivity index (χ3v) is 4.05. The van der Waals surface area contributed by atoms with Crippen LogP contribution in [0.15, 0.2) is 24.3 Å². The monoisotopic (exact) mass is 289 g/mol. The van der Waals surface area contributed by atoms with Gasteiger partial charge in [-0.1, -0.05) is 29.8 Å². The molecule has 2 rings (SSSR count). The number of rotatable bonds is 6. The van der Waals surface area contributed by atoms with Gasteiger partial charge in [-0.15, -0.1) is 0 Å². The number of Topliss-reactive ketones (excluding diaryl/α,β-unsaturated/α-hetero) is 1. The predicted octanol–water partition coefficient (Wildman–Crippen LogP) is 2.31. The van der Waals surface area contributed by atoms with Crippen LogP contribution in [0.25, 0.3) is 0 Å². The topological polar surface area (TPSA) is 46.6 Å². The molecule has 1 aromatic carbocycles. The minimum atomic E-state index is -0.977. The van der Waals surface area contributed by atoms with E-state index in [0.29, 0.717) is 18.6 Å². The van der Waals surface area contributed by atoms with E-state index in [9.17, 15) is 9.59 Å². The number of ether oxygens (including phenoxy) is 1. The SMILES string of the molecule is CCOC(=O)C1(C(=O)c2ccc(C)cc2)CC1CN(C)C. The standard InChI is InChI=1S/C17H23NO3/c1-5-21-16(20)17(10-14(17)11-18(3)4)15(19)13-8-6-12(2)7-9-13/h6-9,14H,5,10-11H2,1-4H3. The summed E-state index contributed by atoms with van der Waals surface area (Å²) in [6.45, 7) is 4.76. The van der Waals surface area contributed by atoms with Gasteiger partial charge in [-0.3, -0.25) is 9.59 Å². The number of benzene rings is 1. The largest absolute Gasteiger partial charge is 0.465 e. The van der Waals surface area contributed by atoms with Gasteiger partial charge in [0.15, 0.2) is 5.78 Å². The van der Waals surface area contributed by atoms with Crippen molar-refractivity contribution in [1.82, 2.24) is 4.90 Å². The van der Waals surface area contributed by atoms with Gasteiger partial charge >= 0.3 is 5.97 Å². The van der Waals surface area contributed by atoms with Gasteiger partial charge in [-0.2, -0.15) is 0 Å². The van der Waals surface area contributed by atoms with Crippen LogP contribution in [0.3, 0.4) is 0 Å². The van der Waals surface area contributed by atoms with Crippen LogP contribution < -0.4 is 0 Å². The summed E-state index contributed by atoms with van der Waals surface area (Å²) in [7, 11) is 3.90. The molecule has 2 unspecified atom stereocenters. The van der Waals surface area contributed by atoms with Crippen molar-refractivity contribution in [3.8, 4) is 0 Å². The quantitative estimate of drug-likeness (QED) is 0.458. The van der Waals surface area contributed by atoms with Gasteiger partial charge in [0.2, 0.25) is 0 Å². The molecule has 1 aromatic rings. The summed E-state index contributed by atoms with van der Waals surface area (Å²) in [6, 6.07) is 7.39. The number of carbonyl (C=O) groups is 2. The summed E-state index contributed by atoms with van der Waals surface area (Å²) in [4.78, 5) is 27.2. The Balaban J connectivity index is 2.27. The summed E-state index contributed by atoms with van der Waals surface area (Å²) in [5, 5.41) is 0. The highest BCUT2D eigenvalue weighted by molar-refractivity contribution is 6.15. The van der Waals surface area contributed by atoms with Crippen LogP contribution >= 0.6 is 0 Å². The number of carbonyl (C=O) groups excluding carboxylic acids is 2. The predicted molar refractivity (Wildman–Crippen MR) is 81.2 cm³/mol. The van der Waals surface area contributed by atoms with Crippen molar-refractivity contribution in [3.63, 3.8) is 0 Å². The second-order valence-corrected chi connectivity index (χ2v) is 6.05. The van der Waals surface area contributed by atoms with Crippen molar-refractivity contribution < 1.29 is 14.3 Å². The average Bonchev–Trinajstić information content (AvgIpc) is 3.13. The van der Waals surface area contributed by atoms with Crippen molar-refractivity contribution in [3.05, 3.63) is 35.4 Å². The second-order valence-electron chi connectivity index (χ2n) is 6.05. The minimum absolute atomic E-state index is 0.0420. The van der Waals surface area contributed by atoms with Crippen LogP contribution in [0.5, 0.6) is 0 Å². The zero-order valence-corrected chi connectivity index (χ0v) is 13.2. The highest BCUT2D eigenvalue weighted by Gasteiger charge is 2.66. The third kappa shape index (κ3) is 3.00. The van der Waals surface area contributed by atoms with Crippen LogP contribution in [0.4, 0.5) is 0 Å². The first-order valence-corrected chi connectivity index (χ1v) is 7.35. The first kappa shape index (κ1) is 15.7. The average molecular weight is 289 g/mol. The fraction of sp³-hybridized carbons (Fsp3) is 0.529. The molecule has 0 radical (unpaired) electrons. The summed E-state index contributed by atoms with van der Waals surface area (Å²) in [5.74, 6) is -0.435. The van der Waals surface area contributed by atoms with Crippen molar-refractivity contribution in [2.45, 2.75) is 20.3 Å². The van der Waals surface area contributed by atoms with Gasteiger partial charge in [-0.05, 0) is 40.3 Å². The Morgan fingerprint density at radius 3 is 2.43 bits per heavy atom. The summed E-state index contributed by atoms with van der Waals surface area (Å²) in [5.41, 5.74) is 0.711. The Kier molecular flexibility index (Phi) is 4.47. The summed E-state index contributed by atoms with van der Waals surface area (Å²) in [6.07, 6.45) is 0.580. The van der Waals surface area contributed by atoms with Gasteiger partial charge in [-0.25, -0.2) is 0 Å². The fourth-order valence-corrected chi connectivity index (χ4v) is 2.83. The lowest BCUT2D eigenvalue weighted by molar-refractivity contribution is -0.148. The lowest BCUT2D eigenvalue weighted by Gasteiger charge is -2.17. The van der Waals surface area contributed by atoms with Gasteiger partial charge in [0.1, 0.15) is 5.41 Å². The number of ketones is 1. The molecule has 0 aromatic heterocycles. The Bertz CT molecular complexity index is 535. The van der Waals surface area contributed by atoms with Crippen molar-refractivity contribution in [1.29, 1.82) is 0 Å². The van der Waals surface area contributed by atoms with Crippen LogP contribution in [0, 0.1) is 18.3 Å². The maximum Gasteiger partial charge on any atom is 0.320 e. The Morgan fingerprint density at radius 2 is 1.90 bits per heavy atom. The molecule has 21 heavy (non-hydrogen) atoms. The van der Waals surface area contributed by atoms with Gasteiger partial charge < -0.3 is 9.64 Å². The van der Waals surface area contributed by atoms with Crippen LogP contribution in [0.1, 0.15) is 29.3 Å². The fourth-order valence-electron chi connectivity index (χ4n) is 2.83. The van der Waals surface area contributed by atoms with E-state index in [1.165, 1.54) is 0 Å². The molecule has 4 nitrogen and oxygen atoms in total. The molecular weight excluding hydrogens is 266 g/mol. The van der Waals surface area contributed by atoms with Crippen molar-refractivity contribution in [2.24, 2.45) is 11.3 Å². The third-order valence-electron chi connectivity index (χ3n) is 4.05. The Morgan fingerprint density at radius 1 is 1.29 bits per heavy atom. The number of nitrogens with zero attached hydrogens (tertiary/aromatic N) is 1. The van der Waals surface area contributed by atoms with E-state index >= 15 is 0 Å². The second kappa shape index (κ2) is 5.98. The van der Waals surface area contributed by atoms with E-state index in [1.807, 2.05) is 38.1 Å². The number of esters is 1. The van der Waals surface area contributed by atoms with Crippen LogP contribution in [0.2, 0.25) is 0 Å². The van der Waals surface area contributed by atoms with Crippen molar-refractivity contribution in [2.75, 3.05) is 27.2 Å². The summed E-state index contributed by atoms with van der Waals surface area (Å²) >= 11 is 0. The highest BCUT2D eigenvalue weighted by Crippen LogP contribution is 2.55. The molecule has 114 valence electrons. The highest BCUT2D eigenvalue weighted by atomic mass is 16.5. The molecule has 0 amide bonds. The molecule has 2 atom stereocenters.